The van der Waals surface area contributed by atoms with Crippen molar-refractivity contribution < 1.29 is 9.59 Å². The molecule has 34 heavy (non-hydrogen) atoms. The molecule has 2 amide bonds. The van der Waals surface area contributed by atoms with Crippen LogP contribution in [0.2, 0.25) is 0 Å². The first-order chi connectivity index (χ1) is 16.3. The molecule has 0 aliphatic carbocycles. The van der Waals surface area contributed by atoms with Gasteiger partial charge in [0.05, 0.1) is 0 Å². The molecule has 0 radical (unpaired) electrons. The summed E-state index contributed by atoms with van der Waals surface area (Å²) in [5.41, 5.74) is 10.3. The molecule has 0 aliphatic rings. The summed E-state index contributed by atoms with van der Waals surface area (Å²) in [7, 11) is 1.96. The minimum atomic E-state index is -0.402. The number of nitrogens with one attached hydrogen (secondary N) is 2. The van der Waals surface area contributed by atoms with Crippen LogP contribution in [0.5, 0.6) is 0 Å². The number of nitrogens with zero attached hydrogens (tertiary/aromatic N) is 2. The van der Waals surface area contributed by atoms with E-state index in [1.54, 1.807) is 5.38 Å². The van der Waals surface area contributed by atoms with Crippen molar-refractivity contribution in [1.29, 1.82) is 0 Å². The quantitative estimate of drug-likeness (QED) is 0.303. The van der Waals surface area contributed by atoms with E-state index >= 15 is 0 Å². The van der Waals surface area contributed by atoms with E-state index in [1.807, 2.05) is 18.0 Å². The van der Waals surface area contributed by atoms with Crippen LogP contribution in [0.3, 0.4) is 0 Å². The number of hydrogen-bond donors (Lipinski definition) is 2. The van der Waals surface area contributed by atoms with Crippen molar-refractivity contribution in [3.8, 4) is 11.1 Å². The highest BCUT2D eigenvalue weighted by Gasteiger charge is 2.14. The van der Waals surface area contributed by atoms with Crippen LogP contribution >= 0.6 is 11.3 Å². The van der Waals surface area contributed by atoms with Gasteiger partial charge in [-0.2, -0.15) is 0 Å². The van der Waals surface area contributed by atoms with Gasteiger partial charge in [-0.3, -0.25) is 20.4 Å². The van der Waals surface area contributed by atoms with Gasteiger partial charge in [0.25, 0.3) is 5.91 Å². The van der Waals surface area contributed by atoms with Crippen LogP contribution in [-0.4, -0.2) is 30.4 Å². The number of rotatable bonds is 10. The monoisotopic (exact) mass is 478 g/mol. The van der Waals surface area contributed by atoms with Crippen molar-refractivity contribution in [2.75, 3.05) is 18.5 Å². The van der Waals surface area contributed by atoms with Crippen LogP contribution in [0.25, 0.3) is 11.1 Å². The molecule has 3 aromatic rings. The highest BCUT2D eigenvalue weighted by Crippen LogP contribution is 2.26. The third-order valence-electron chi connectivity index (χ3n) is 5.46. The number of carbonyl (C=O) groups is 2. The van der Waals surface area contributed by atoms with E-state index in [9.17, 15) is 9.59 Å². The Morgan fingerprint density at radius 1 is 1.06 bits per heavy atom. The molecule has 0 saturated heterocycles. The normalized spacial score (nSPS) is 10.9. The average Bonchev–Trinajstić information content (AvgIpc) is 3.32. The molecule has 0 saturated carbocycles. The van der Waals surface area contributed by atoms with Crippen molar-refractivity contribution in [3.63, 3.8) is 0 Å². The summed E-state index contributed by atoms with van der Waals surface area (Å²) in [4.78, 5) is 30.9. The molecule has 0 bridgehead atoms. The highest BCUT2D eigenvalue weighted by atomic mass is 32.1. The van der Waals surface area contributed by atoms with Gasteiger partial charge < -0.3 is 4.90 Å². The molecule has 0 fully saturated rings. The number of anilines is 1. The van der Waals surface area contributed by atoms with Crippen LogP contribution in [-0.2, 0) is 11.2 Å². The third kappa shape index (κ3) is 7.42. The number of carbonyl (C=O) groups excluding carboxylic acids is 2. The Morgan fingerprint density at radius 2 is 1.82 bits per heavy atom. The van der Waals surface area contributed by atoms with Crippen molar-refractivity contribution in [1.82, 2.24) is 15.8 Å². The summed E-state index contributed by atoms with van der Waals surface area (Å²) in [6.07, 6.45) is 2.88. The van der Waals surface area contributed by atoms with Gasteiger partial charge in [0.1, 0.15) is 5.69 Å². The standard InChI is InChI=1S/C27H34N4O2S/c1-19(2)17-31(4)27-28-24(18-34-27)26(33)30-29-25(32)13-9-8-12-22-15-14-20(3)16-23(22)21-10-6-5-7-11-21/h5-7,10-11,14-16,18-19H,8-9,12-13,17H2,1-4H3,(H,29,32)(H,30,33). The van der Waals surface area contributed by atoms with Gasteiger partial charge in [-0.05, 0) is 48.8 Å². The maximum absolute atomic E-state index is 12.3. The predicted molar refractivity (Wildman–Crippen MR) is 140 cm³/mol. The smallest absolute Gasteiger partial charge is 0.289 e. The summed E-state index contributed by atoms with van der Waals surface area (Å²) < 4.78 is 0. The SMILES string of the molecule is Cc1ccc(CCCCC(=O)NNC(=O)c2csc(N(C)CC(C)C)n2)c(-c2ccccc2)c1. The Hall–Kier alpha value is -3.19. The Labute approximate surface area is 206 Å². The first-order valence-corrected chi connectivity index (χ1v) is 12.6. The number of aromatic nitrogens is 1. The van der Waals surface area contributed by atoms with Crippen LogP contribution in [0.1, 0.15) is 54.7 Å². The molecule has 2 N–H and O–H groups in total. The van der Waals surface area contributed by atoms with E-state index < -0.39 is 5.91 Å². The average molecular weight is 479 g/mol. The fourth-order valence-corrected chi connectivity index (χ4v) is 4.60. The summed E-state index contributed by atoms with van der Waals surface area (Å²) in [5, 5.41) is 2.50. The van der Waals surface area contributed by atoms with Gasteiger partial charge >= 0.3 is 0 Å². The van der Waals surface area contributed by atoms with Gasteiger partial charge in [-0.15, -0.1) is 11.3 Å². The molecular weight excluding hydrogens is 444 g/mol. The topological polar surface area (TPSA) is 74.3 Å². The Morgan fingerprint density at radius 3 is 2.56 bits per heavy atom. The van der Waals surface area contributed by atoms with Gasteiger partial charge in [0.15, 0.2) is 5.13 Å². The third-order valence-corrected chi connectivity index (χ3v) is 6.41. The zero-order chi connectivity index (χ0) is 24.5. The first kappa shape index (κ1) is 25.4. The summed E-state index contributed by atoms with van der Waals surface area (Å²) in [6.45, 7) is 7.23. The van der Waals surface area contributed by atoms with E-state index in [-0.39, 0.29) is 5.91 Å². The van der Waals surface area contributed by atoms with Crippen molar-refractivity contribution in [3.05, 3.63) is 70.7 Å². The molecule has 180 valence electrons. The fraction of sp³-hybridized carbons (Fsp3) is 0.370. The predicted octanol–water partition coefficient (Wildman–Crippen LogP) is 5.38. The molecule has 1 aromatic heterocycles. The second-order valence-corrected chi connectivity index (χ2v) is 9.86. The Balaban J connectivity index is 1.43. The maximum Gasteiger partial charge on any atom is 0.289 e. The molecule has 0 aliphatic heterocycles. The van der Waals surface area contributed by atoms with Gasteiger partial charge in [-0.25, -0.2) is 4.98 Å². The minimum absolute atomic E-state index is 0.201. The van der Waals surface area contributed by atoms with Crippen molar-refractivity contribution in [2.24, 2.45) is 5.92 Å². The highest BCUT2D eigenvalue weighted by molar-refractivity contribution is 7.13. The molecule has 0 unspecified atom stereocenters. The number of thiazole rings is 1. The number of benzene rings is 2. The van der Waals surface area contributed by atoms with E-state index in [0.29, 0.717) is 18.0 Å². The van der Waals surface area contributed by atoms with Crippen LogP contribution in [0.4, 0.5) is 5.13 Å². The van der Waals surface area contributed by atoms with Gasteiger partial charge in [0.2, 0.25) is 5.91 Å². The summed E-state index contributed by atoms with van der Waals surface area (Å²) in [5.74, 6) is -0.102. The van der Waals surface area contributed by atoms with Crippen molar-refractivity contribution in [2.45, 2.75) is 46.5 Å². The maximum atomic E-state index is 12.3. The Bertz CT molecular complexity index is 1100. The van der Waals surface area contributed by atoms with E-state index in [0.717, 1.165) is 30.9 Å². The van der Waals surface area contributed by atoms with E-state index in [4.69, 9.17) is 0 Å². The largest absolute Gasteiger partial charge is 0.351 e. The second kappa shape index (κ2) is 12.3. The summed E-state index contributed by atoms with van der Waals surface area (Å²) in [6, 6.07) is 16.9. The number of amides is 2. The van der Waals surface area contributed by atoms with Crippen molar-refractivity contribution >= 4 is 28.3 Å². The van der Waals surface area contributed by atoms with E-state index in [2.05, 4.69) is 79.1 Å². The fourth-order valence-electron chi connectivity index (χ4n) is 3.82. The molecule has 7 heteroatoms. The number of aryl methyl sites for hydroxylation is 2. The lowest BCUT2D eigenvalue weighted by atomic mass is 9.94. The zero-order valence-corrected chi connectivity index (χ0v) is 21.2. The van der Waals surface area contributed by atoms with E-state index in [1.165, 1.54) is 33.6 Å². The number of hydrazine groups is 1. The lowest BCUT2D eigenvalue weighted by Gasteiger charge is -2.17. The molecule has 0 spiro atoms. The number of hydrogen-bond acceptors (Lipinski definition) is 5. The lowest BCUT2D eigenvalue weighted by molar-refractivity contribution is -0.121. The second-order valence-electron chi connectivity index (χ2n) is 9.03. The molecule has 6 nitrogen and oxygen atoms in total. The van der Waals surface area contributed by atoms with Crippen LogP contribution in [0, 0.1) is 12.8 Å². The Kier molecular flexibility index (Phi) is 9.22. The molecule has 2 aromatic carbocycles. The summed E-state index contributed by atoms with van der Waals surface area (Å²) >= 11 is 1.42. The van der Waals surface area contributed by atoms with Crippen LogP contribution in [0.15, 0.2) is 53.9 Å². The van der Waals surface area contributed by atoms with Gasteiger partial charge in [-0.1, -0.05) is 67.9 Å². The molecule has 3 rings (SSSR count). The van der Waals surface area contributed by atoms with Crippen LogP contribution < -0.4 is 15.8 Å². The molecule has 0 atom stereocenters. The molecular formula is C27H34N4O2S. The number of unbranched alkanes of at least 4 members (excludes halogenated alkanes) is 1. The minimum Gasteiger partial charge on any atom is -0.351 e. The lowest BCUT2D eigenvalue weighted by Crippen LogP contribution is -2.41. The molecule has 1 heterocycles. The first-order valence-electron chi connectivity index (χ1n) is 11.7. The van der Waals surface area contributed by atoms with Gasteiger partial charge in [0, 0.05) is 25.4 Å². The zero-order valence-electron chi connectivity index (χ0n) is 20.4.